The van der Waals surface area contributed by atoms with E-state index in [1.165, 1.54) is 7.11 Å². The van der Waals surface area contributed by atoms with Crippen molar-refractivity contribution in [2.24, 2.45) is 0 Å². The number of ether oxygens (including phenoxy) is 1. The summed E-state index contributed by atoms with van der Waals surface area (Å²) in [5.41, 5.74) is 0. The third kappa shape index (κ3) is 5.19. The van der Waals surface area contributed by atoms with E-state index in [1.54, 1.807) is 6.92 Å². The molecule has 1 N–H and O–H groups in total. The van der Waals surface area contributed by atoms with Crippen LogP contribution < -0.4 is 5.32 Å². The maximum Gasteiger partial charge on any atom is 0.407 e. The maximum atomic E-state index is 12.4. The van der Waals surface area contributed by atoms with Crippen LogP contribution in [0.4, 0.5) is 4.79 Å². The first-order valence-electron chi connectivity index (χ1n) is 8.71. The van der Waals surface area contributed by atoms with Gasteiger partial charge in [0, 0.05) is 44.5 Å². The predicted molar refractivity (Wildman–Crippen MR) is 94.3 cm³/mol. The Balaban J connectivity index is 1.88. The number of alkyl carbamates (subject to hydrolysis) is 1. The topological polar surface area (TPSA) is 79.7 Å². The Morgan fingerprint density at radius 3 is 2.68 bits per heavy atom. The number of likely N-dealkylation sites (N-methyl/N-ethyl adjacent to an activating group) is 1. The minimum atomic E-state index is -0.585. The van der Waals surface area contributed by atoms with Gasteiger partial charge in [0.05, 0.1) is 7.11 Å². The Kier molecular flexibility index (Phi) is 6.81. The van der Waals surface area contributed by atoms with E-state index in [9.17, 15) is 9.59 Å². The number of methoxy groups -OCH3 is 1. The minimum absolute atomic E-state index is 0.0696. The van der Waals surface area contributed by atoms with Gasteiger partial charge < -0.3 is 24.4 Å². The molecule has 140 valence electrons. The minimum Gasteiger partial charge on any atom is -0.453 e. The molecule has 1 aromatic heterocycles. The molecule has 2 rings (SSSR count). The molecule has 0 saturated carbocycles. The van der Waals surface area contributed by atoms with E-state index in [4.69, 9.17) is 0 Å². The number of carbonyl (C=O) groups is 2. The van der Waals surface area contributed by atoms with Crippen molar-refractivity contribution in [3.63, 3.8) is 0 Å². The molecule has 0 aliphatic carbocycles. The van der Waals surface area contributed by atoms with Crippen LogP contribution in [0.15, 0.2) is 12.4 Å². The van der Waals surface area contributed by atoms with E-state index in [2.05, 4.69) is 38.6 Å². The standard InChI is InChI=1S/C17H29N5O3/c1-13(19-17(24)25-4)16(23)22-8-5-14(6-9-22)15-18-7-10-21(15)12-11-20(2)3/h7,10,13-14H,5-6,8-9,11-12H2,1-4H3,(H,19,24)/t13-/m0/s1. The summed E-state index contributed by atoms with van der Waals surface area (Å²) in [6.45, 7) is 4.92. The van der Waals surface area contributed by atoms with Crippen LogP contribution in [0, 0.1) is 0 Å². The van der Waals surface area contributed by atoms with E-state index in [1.807, 2.05) is 17.3 Å². The van der Waals surface area contributed by atoms with Gasteiger partial charge >= 0.3 is 6.09 Å². The van der Waals surface area contributed by atoms with Crippen LogP contribution in [-0.2, 0) is 16.1 Å². The van der Waals surface area contributed by atoms with Crippen molar-refractivity contribution in [1.29, 1.82) is 0 Å². The summed E-state index contributed by atoms with van der Waals surface area (Å²) in [6.07, 6.45) is 5.06. The van der Waals surface area contributed by atoms with E-state index >= 15 is 0 Å². The number of likely N-dealkylation sites (tertiary alicyclic amines) is 1. The molecule has 1 atom stereocenters. The van der Waals surface area contributed by atoms with Gasteiger partial charge in [-0.05, 0) is 33.9 Å². The fourth-order valence-corrected chi connectivity index (χ4v) is 3.11. The molecule has 1 aliphatic rings. The number of hydrogen-bond donors (Lipinski definition) is 1. The molecule has 0 aromatic carbocycles. The third-order valence-electron chi connectivity index (χ3n) is 4.60. The molecular weight excluding hydrogens is 322 g/mol. The highest BCUT2D eigenvalue weighted by atomic mass is 16.5. The number of aromatic nitrogens is 2. The third-order valence-corrected chi connectivity index (χ3v) is 4.60. The van der Waals surface area contributed by atoms with Gasteiger partial charge in [-0.15, -0.1) is 0 Å². The number of piperidine rings is 1. The van der Waals surface area contributed by atoms with Crippen LogP contribution in [0.5, 0.6) is 0 Å². The number of imidazole rings is 1. The van der Waals surface area contributed by atoms with Gasteiger partial charge in [-0.1, -0.05) is 0 Å². The fourth-order valence-electron chi connectivity index (χ4n) is 3.11. The molecule has 0 unspecified atom stereocenters. The van der Waals surface area contributed by atoms with Crippen molar-refractivity contribution in [2.75, 3.05) is 40.8 Å². The second kappa shape index (κ2) is 8.84. The average molecular weight is 351 g/mol. The largest absolute Gasteiger partial charge is 0.453 e. The van der Waals surface area contributed by atoms with Crippen LogP contribution in [0.1, 0.15) is 31.5 Å². The molecule has 0 bridgehead atoms. The molecule has 8 heteroatoms. The number of hydrogen-bond acceptors (Lipinski definition) is 5. The Morgan fingerprint density at radius 1 is 1.40 bits per heavy atom. The first-order chi connectivity index (χ1) is 11.9. The number of amides is 2. The van der Waals surface area contributed by atoms with Crippen molar-refractivity contribution in [2.45, 2.75) is 38.3 Å². The summed E-state index contributed by atoms with van der Waals surface area (Å²) < 4.78 is 6.75. The average Bonchev–Trinajstić information content (AvgIpc) is 3.07. The zero-order chi connectivity index (χ0) is 18.4. The quantitative estimate of drug-likeness (QED) is 0.824. The highest BCUT2D eigenvalue weighted by Gasteiger charge is 2.29. The van der Waals surface area contributed by atoms with E-state index in [-0.39, 0.29) is 5.91 Å². The van der Waals surface area contributed by atoms with Crippen LogP contribution in [0.3, 0.4) is 0 Å². The lowest BCUT2D eigenvalue weighted by molar-refractivity contribution is -0.134. The van der Waals surface area contributed by atoms with Crippen molar-refractivity contribution in [3.05, 3.63) is 18.2 Å². The van der Waals surface area contributed by atoms with Crippen LogP contribution in [-0.4, -0.2) is 78.2 Å². The highest BCUT2D eigenvalue weighted by molar-refractivity contribution is 5.85. The summed E-state index contributed by atoms with van der Waals surface area (Å²) in [7, 11) is 5.41. The summed E-state index contributed by atoms with van der Waals surface area (Å²) in [4.78, 5) is 32.2. The Labute approximate surface area is 149 Å². The van der Waals surface area contributed by atoms with E-state index < -0.39 is 12.1 Å². The molecule has 1 fully saturated rings. The molecule has 0 spiro atoms. The number of nitrogens with zero attached hydrogens (tertiary/aromatic N) is 4. The van der Waals surface area contributed by atoms with Gasteiger partial charge in [0.2, 0.25) is 5.91 Å². The van der Waals surface area contributed by atoms with Crippen molar-refractivity contribution in [3.8, 4) is 0 Å². The van der Waals surface area contributed by atoms with Gasteiger partial charge in [-0.3, -0.25) is 4.79 Å². The second-order valence-corrected chi connectivity index (χ2v) is 6.74. The summed E-state index contributed by atoms with van der Waals surface area (Å²) in [5, 5.41) is 2.53. The van der Waals surface area contributed by atoms with E-state index in [0.29, 0.717) is 19.0 Å². The second-order valence-electron chi connectivity index (χ2n) is 6.74. The molecule has 1 aromatic rings. The smallest absolute Gasteiger partial charge is 0.407 e. The Bertz CT molecular complexity index is 579. The number of rotatable bonds is 6. The van der Waals surface area contributed by atoms with Crippen molar-refractivity contribution in [1.82, 2.24) is 24.7 Å². The Hall–Kier alpha value is -2.09. The lowest BCUT2D eigenvalue weighted by Crippen LogP contribution is -2.49. The molecule has 0 radical (unpaired) electrons. The van der Waals surface area contributed by atoms with Gasteiger partial charge in [0.15, 0.2) is 0 Å². The number of carbonyl (C=O) groups excluding carboxylic acids is 2. The fraction of sp³-hybridized carbons (Fsp3) is 0.706. The SMILES string of the molecule is COC(=O)N[C@@H](C)C(=O)N1CCC(c2nccn2CCN(C)C)CC1. The predicted octanol–water partition coefficient (Wildman–Crippen LogP) is 0.895. The molecular formula is C17H29N5O3. The summed E-state index contributed by atoms with van der Waals surface area (Å²) in [6, 6.07) is -0.578. The van der Waals surface area contributed by atoms with Crippen molar-refractivity contribution < 1.29 is 14.3 Å². The highest BCUT2D eigenvalue weighted by Crippen LogP contribution is 2.27. The first-order valence-corrected chi connectivity index (χ1v) is 8.71. The lowest BCUT2D eigenvalue weighted by Gasteiger charge is -2.33. The molecule has 2 heterocycles. The normalized spacial score (nSPS) is 16.8. The zero-order valence-corrected chi connectivity index (χ0v) is 15.6. The summed E-state index contributed by atoms with van der Waals surface area (Å²) in [5.74, 6) is 1.40. The lowest BCUT2D eigenvalue weighted by atomic mass is 9.95. The molecule has 25 heavy (non-hydrogen) atoms. The van der Waals surface area contributed by atoms with Crippen molar-refractivity contribution >= 4 is 12.0 Å². The summed E-state index contributed by atoms with van der Waals surface area (Å²) >= 11 is 0. The van der Waals surface area contributed by atoms with Crippen LogP contribution >= 0.6 is 0 Å². The molecule has 8 nitrogen and oxygen atoms in total. The van der Waals surface area contributed by atoms with Gasteiger partial charge in [-0.2, -0.15) is 0 Å². The monoisotopic (exact) mass is 351 g/mol. The van der Waals surface area contributed by atoms with Crippen LogP contribution in [0.2, 0.25) is 0 Å². The first kappa shape index (κ1) is 19.2. The van der Waals surface area contributed by atoms with Gasteiger partial charge in [0.25, 0.3) is 0 Å². The zero-order valence-electron chi connectivity index (χ0n) is 15.6. The number of nitrogens with one attached hydrogen (secondary N) is 1. The molecule has 1 aliphatic heterocycles. The van der Waals surface area contributed by atoms with Gasteiger partial charge in [-0.25, -0.2) is 9.78 Å². The molecule has 1 saturated heterocycles. The van der Waals surface area contributed by atoms with E-state index in [0.717, 1.165) is 31.8 Å². The molecule has 2 amide bonds. The van der Waals surface area contributed by atoms with Crippen LogP contribution in [0.25, 0.3) is 0 Å². The Morgan fingerprint density at radius 2 is 2.08 bits per heavy atom. The van der Waals surface area contributed by atoms with Gasteiger partial charge in [0.1, 0.15) is 11.9 Å². The maximum absolute atomic E-state index is 12.4.